The van der Waals surface area contributed by atoms with Crippen molar-refractivity contribution in [3.63, 3.8) is 0 Å². The van der Waals surface area contributed by atoms with Crippen LogP contribution in [-0.4, -0.2) is 52.0 Å². The van der Waals surface area contributed by atoms with Gasteiger partial charge in [-0.05, 0) is 45.6 Å². The Labute approximate surface area is 208 Å². The van der Waals surface area contributed by atoms with Gasteiger partial charge in [-0.2, -0.15) is 15.6 Å². The van der Waals surface area contributed by atoms with Gasteiger partial charge in [0.05, 0.1) is 47.7 Å². The van der Waals surface area contributed by atoms with Crippen molar-refractivity contribution in [1.29, 1.82) is 10.5 Å². The summed E-state index contributed by atoms with van der Waals surface area (Å²) in [5, 5.41) is 36.2. The summed E-state index contributed by atoms with van der Waals surface area (Å²) in [5.74, 6) is 0.455. The second kappa shape index (κ2) is 9.36. The summed E-state index contributed by atoms with van der Waals surface area (Å²) >= 11 is 0. The molecule has 0 spiro atoms. The molecule has 5 rings (SSSR count). The molecule has 0 saturated heterocycles. The summed E-state index contributed by atoms with van der Waals surface area (Å²) in [4.78, 5) is 18.0. The number of fused-ring (bicyclic) bond motifs is 1. The van der Waals surface area contributed by atoms with Gasteiger partial charge in [0.2, 0.25) is 5.95 Å². The van der Waals surface area contributed by atoms with Crippen LogP contribution in [0, 0.1) is 22.7 Å². The van der Waals surface area contributed by atoms with Crippen LogP contribution in [0.15, 0.2) is 37.2 Å². The van der Waals surface area contributed by atoms with Gasteiger partial charge in [0.25, 0.3) is 0 Å². The minimum atomic E-state index is -0.571. The van der Waals surface area contributed by atoms with Gasteiger partial charge < -0.3 is 15.0 Å². The van der Waals surface area contributed by atoms with Crippen molar-refractivity contribution in [3.05, 3.63) is 48.3 Å². The van der Waals surface area contributed by atoms with E-state index in [1.54, 1.807) is 35.7 Å². The molecule has 11 heteroatoms. The number of imidazole rings is 1. The Morgan fingerprint density at radius 1 is 1.14 bits per heavy atom. The molecule has 0 bridgehead atoms. The zero-order valence-corrected chi connectivity index (χ0v) is 20.1. The second-order valence-corrected chi connectivity index (χ2v) is 9.70. The van der Waals surface area contributed by atoms with Crippen LogP contribution >= 0.6 is 0 Å². The predicted octanol–water partition coefficient (Wildman–Crippen LogP) is 3.15. The maximum Gasteiger partial charge on any atom is 0.223 e. The Hall–Kier alpha value is -4.35. The van der Waals surface area contributed by atoms with E-state index in [2.05, 4.69) is 47.1 Å². The van der Waals surface area contributed by atoms with Crippen molar-refractivity contribution < 1.29 is 5.11 Å². The minimum Gasteiger partial charge on any atom is -0.394 e. The third-order valence-electron chi connectivity index (χ3n) is 6.69. The largest absolute Gasteiger partial charge is 0.394 e. The number of aromatic nitrogens is 7. The fraction of sp³-hybridized carbons (Fsp3) is 0.400. The molecule has 0 aromatic carbocycles. The Morgan fingerprint density at radius 3 is 2.78 bits per heavy atom. The molecular weight excluding hydrogens is 456 g/mol. The highest BCUT2D eigenvalue weighted by atomic mass is 16.3. The molecule has 1 aliphatic rings. The fourth-order valence-electron chi connectivity index (χ4n) is 4.58. The van der Waals surface area contributed by atoms with E-state index in [4.69, 9.17) is 5.26 Å². The van der Waals surface area contributed by atoms with E-state index < -0.39 is 5.54 Å². The Bertz CT molecular complexity index is 1490. The van der Waals surface area contributed by atoms with Crippen LogP contribution in [0.2, 0.25) is 0 Å². The van der Waals surface area contributed by atoms with Crippen LogP contribution in [-0.2, 0) is 5.54 Å². The normalized spacial score (nSPS) is 18.0. The molecular formula is C25H26N10O. The van der Waals surface area contributed by atoms with Crippen molar-refractivity contribution in [3.8, 4) is 23.4 Å². The van der Waals surface area contributed by atoms with Crippen LogP contribution in [0.5, 0.6) is 0 Å². The van der Waals surface area contributed by atoms with Gasteiger partial charge in [-0.15, -0.1) is 0 Å². The molecule has 11 nitrogen and oxygen atoms in total. The number of nitriles is 2. The summed E-state index contributed by atoms with van der Waals surface area (Å²) in [6, 6.07) is 6.37. The smallest absolute Gasteiger partial charge is 0.223 e. The van der Waals surface area contributed by atoms with Crippen molar-refractivity contribution >= 4 is 17.1 Å². The lowest BCUT2D eigenvalue weighted by Gasteiger charge is -2.30. The highest BCUT2D eigenvalue weighted by Gasteiger charge is 2.26. The molecule has 2 N–H and O–H groups in total. The van der Waals surface area contributed by atoms with E-state index in [1.807, 2.05) is 13.8 Å². The summed E-state index contributed by atoms with van der Waals surface area (Å²) in [7, 11) is 0. The van der Waals surface area contributed by atoms with E-state index in [0.29, 0.717) is 33.8 Å². The average Bonchev–Trinajstić information content (AvgIpc) is 3.56. The first-order valence-electron chi connectivity index (χ1n) is 11.8. The third kappa shape index (κ3) is 4.37. The van der Waals surface area contributed by atoms with Gasteiger partial charge in [-0.1, -0.05) is 0 Å². The lowest BCUT2D eigenvalue weighted by Crippen LogP contribution is -2.30. The first-order valence-corrected chi connectivity index (χ1v) is 11.8. The number of aliphatic hydroxyl groups is 1. The third-order valence-corrected chi connectivity index (χ3v) is 6.69. The molecule has 0 radical (unpaired) electrons. The SMILES string of the molecule is CC(C)(CO)n1cc(-c2nc(N[C@@H]3CCC[C@H](n4cnc5cc(C#N)cnc54)C3)ncc2C#N)cn1. The van der Waals surface area contributed by atoms with Gasteiger partial charge in [-0.3, -0.25) is 4.68 Å². The molecule has 0 unspecified atom stereocenters. The highest BCUT2D eigenvalue weighted by Crippen LogP contribution is 2.32. The molecule has 36 heavy (non-hydrogen) atoms. The number of nitrogens with one attached hydrogen (secondary N) is 1. The molecule has 2 atom stereocenters. The topological polar surface area (TPSA) is 154 Å². The van der Waals surface area contributed by atoms with Crippen molar-refractivity contribution in [2.24, 2.45) is 0 Å². The summed E-state index contributed by atoms with van der Waals surface area (Å²) in [6.45, 7) is 3.69. The number of hydrogen-bond donors (Lipinski definition) is 2. The highest BCUT2D eigenvalue weighted by molar-refractivity contribution is 5.72. The molecule has 1 saturated carbocycles. The summed E-state index contributed by atoms with van der Waals surface area (Å²) in [6.07, 6.45) is 12.2. The van der Waals surface area contributed by atoms with Gasteiger partial charge >= 0.3 is 0 Å². The first kappa shape index (κ1) is 23.4. The first-order chi connectivity index (χ1) is 17.4. The van der Waals surface area contributed by atoms with Crippen molar-refractivity contribution in [2.75, 3.05) is 11.9 Å². The standard InChI is InChI=1S/C25H26N10O/c1-25(2,14-36)35-13-18(12-31-35)22-17(9-27)11-29-24(33-22)32-19-4-3-5-20(7-19)34-15-30-21-6-16(8-26)10-28-23(21)34/h6,10-13,15,19-20,36H,3-5,7,14H2,1-2H3,(H,29,32,33)/t19-,20+/m1/s1. The van der Waals surface area contributed by atoms with Crippen LogP contribution in [0.1, 0.15) is 56.7 Å². The number of nitrogens with zero attached hydrogens (tertiary/aromatic N) is 9. The maximum absolute atomic E-state index is 9.66. The number of hydrogen-bond acceptors (Lipinski definition) is 9. The Morgan fingerprint density at radius 2 is 2.00 bits per heavy atom. The average molecular weight is 483 g/mol. The molecule has 4 aromatic heterocycles. The molecule has 4 aromatic rings. The predicted molar refractivity (Wildman–Crippen MR) is 132 cm³/mol. The van der Waals surface area contributed by atoms with E-state index in [9.17, 15) is 10.4 Å². The molecule has 1 aliphatic carbocycles. The van der Waals surface area contributed by atoms with E-state index in [1.165, 1.54) is 6.20 Å². The summed E-state index contributed by atoms with van der Waals surface area (Å²) < 4.78 is 3.76. The minimum absolute atomic E-state index is 0.0696. The van der Waals surface area contributed by atoms with E-state index in [0.717, 1.165) is 31.3 Å². The Kier molecular flexibility index (Phi) is 6.08. The second-order valence-electron chi connectivity index (χ2n) is 9.70. The van der Waals surface area contributed by atoms with Gasteiger partial charge in [0.1, 0.15) is 17.7 Å². The lowest BCUT2D eigenvalue weighted by atomic mass is 9.91. The summed E-state index contributed by atoms with van der Waals surface area (Å²) in [5.41, 5.74) is 2.96. The van der Waals surface area contributed by atoms with Crippen LogP contribution in [0.25, 0.3) is 22.4 Å². The van der Waals surface area contributed by atoms with Crippen LogP contribution < -0.4 is 5.32 Å². The lowest BCUT2D eigenvalue weighted by molar-refractivity contribution is 0.152. The zero-order chi connectivity index (χ0) is 25.3. The fourth-order valence-corrected chi connectivity index (χ4v) is 4.58. The quantitative estimate of drug-likeness (QED) is 0.422. The van der Waals surface area contributed by atoms with Crippen LogP contribution in [0.3, 0.4) is 0 Å². The van der Waals surface area contributed by atoms with Gasteiger partial charge in [0, 0.05) is 30.0 Å². The molecule has 4 heterocycles. The van der Waals surface area contributed by atoms with Crippen LogP contribution in [0.4, 0.5) is 5.95 Å². The zero-order valence-electron chi connectivity index (χ0n) is 20.1. The number of rotatable bonds is 6. The van der Waals surface area contributed by atoms with Crippen molar-refractivity contribution in [1.82, 2.24) is 34.3 Å². The van der Waals surface area contributed by atoms with E-state index in [-0.39, 0.29) is 18.7 Å². The molecule has 0 aliphatic heterocycles. The molecule has 182 valence electrons. The Balaban J connectivity index is 1.37. The van der Waals surface area contributed by atoms with Gasteiger partial charge in [0.15, 0.2) is 5.65 Å². The number of aliphatic hydroxyl groups excluding tert-OH is 1. The monoisotopic (exact) mass is 482 g/mol. The van der Waals surface area contributed by atoms with Gasteiger partial charge in [-0.25, -0.2) is 19.9 Å². The molecule has 0 amide bonds. The van der Waals surface area contributed by atoms with E-state index >= 15 is 0 Å². The molecule has 1 fully saturated rings. The van der Waals surface area contributed by atoms with Crippen molar-refractivity contribution in [2.45, 2.75) is 57.2 Å². The number of anilines is 1. The maximum atomic E-state index is 9.66. The number of pyridine rings is 1.